The van der Waals surface area contributed by atoms with Crippen LogP contribution in [0.1, 0.15) is 15.9 Å². The fourth-order valence-corrected chi connectivity index (χ4v) is 2.05. The highest BCUT2D eigenvalue weighted by molar-refractivity contribution is 9.10. The van der Waals surface area contributed by atoms with Crippen LogP contribution in [-0.2, 0) is 0 Å². The first-order valence-corrected chi connectivity index (χ1v) is 6.32. The fraction of sp³-hybridized carbons (Fsp3) is 0. The third-order valence-corrected chi connectivity index (χ3v) is 3.22. The topological polar surface area (TPSA) is 118 Å². The number of rotatable bonds is 3. The number of carbonyl (C=O) groups excluding carboxylic acids is 1. The summed E-state index contributed by atoms with van der Waals surface area (Å²) in [6.07, 6.45) is 1.36. The molecule has 6 nitrogen and oxygen atoms in total. The van der Waals surface area contributed by atoms with E-state index in [2.05, 4.69) is 26.2 Å². The molecule has 0 spiro atoms. The van der Waals surface area contributed by atoms with Crippen molar-refractivity contribution in [3.05, 3.63) is 46.1 Å². The number of nitrogens with zero attached hydrogens (tertiary/aromatic N) is 2. The Hall–Kier alpha value is -2.59. The lowest BCUT2D eigenvalue weighted by Crippen LogP contribution is -2.14. The van der Waals surface area contributed by atoms with Crippen LogP contribution in [0.4, 0.5) is 17.2 Å². The third kappa shape index (κ3) is 2.87. The van der Waals surface area contributed by atoms with Gasteiger partial charge in [-0.15, -0.1) is 0 Å². The first kappa shape index (κ1) is 13.8. The molecule has 100 valence electrons. The van der Waals surface area contributed by atoms with Crippen LogP contribution in [0.3, 0.4) is 0 Å². The number of hydrogen-bond donors (Lipinski definition) is 3. The van der Waals surface area contributed by atoms with Crippen molar-refractivity contribution in [2.24, 2.45) is 5.73 Å². The number of nitriles is 1. The van der Waals surface area contributed by atoms with Crippen LogP contribution in [0.2, 0.25) is 0 Å². The number of pyridine rings is 1. The molecule has 0 aliphatic carbocycles. The number of carbonyl (C=O) groups is 1. The minimum Gasteiger partial charge on any atom is -0.397 e. The highest BCUT2D eigenvalue weighted by Crippen LogP contribution is 2.27. The van der Waals surface area contributed by atoms with E-state index >= 15 is 0 Å². The van der Waals surface area contributed by atoms with Gasteiger partial charge in [-0.05, 0) is 40.2 Å². The van der Waals surface area contributed by atoms with Gasteiger partial charge in [0.05, 0.1) is 34.8 Å². The van der Waals surface area contributed by atoms with Gasteiger partial charge in [0.25, 0.3) is 5.91 Å². The minimum atomic E-state index is -0.619. The average Bonchev–Trinajstić information content (AvgIpc) is 2.42. The molecule has 0 saturated carbocycles. The Morgan fingerprint density at radius 2 is 2.15 bits per heavy atom. The van der Waals surface area contributed by atoms with Gasteiger partial charge in [0.15, 0.2) is 0 Å². The quantitative estimate of drug-likeness (QED) is 0.796. The van der Waals surface area contributed by atoms with Crippen molar-refractivity contribution in [1.82, 2.24) is 4.98 Å². The van der Waals surface area contributed by atoms with Crippen molar-refractivity contribution < 1.29 is 4.79 Å². The first-order valence-electron chi connectivity index (χ1n) is 5.53. The molecule has 0 aliphatic rings. The van der Waals surface area contributed by atoms with E-state index in [9.17, 15) is 4.79 Å². The number of benzene rings is 1. The molecule has 1 amide bonds. The summed E-state index contributed by atoms with van der Waals surface area (Å²) in [4.78, 5) is 15.3. The van der Waals surface area contributed by atoms with Gasteiger partial charge >= 0.3 is 0 Å². The number of nitrogens with two attached hydrogens (primary N) is 2. The van der Waals surface area contributed by atoms with Crippen molar-refractivity contribution in [3.63, 3.8) is 0 Å². The molecule has 0 fully saturated rings. The summed E-state index contributed by atoms with van der Waals surface area (Å²) in [7, 11) is 0. The number of anilines is 3. The molecular weight excluding hydrogens is 322 g/mol. The van der Waals surface area contributed by atoms with Gasteiger partial charge in [0, 0.05) is 4.47 Å². The molecule has 5 N–H and O–H groups in total. The second kappa shape index (κ2) is 5.59. The molecule has 1 aromatic carbocycles. The predicted molar refractivity (Wildman–Crippen MR) is 79.3 cm³/mol. The normalized spacial score (nSPS) is 9.80. The molecule has 0 unspecified atom stereocenters. The molecule has 0 saturated heterocycles. The lowest BCUT2D eigenvalue weighted by Gasteiger charge is -2.09. The van der Waals surface area contributed by atoms with Crippen LogP contribution in [0.25, 0.3) is 0 Å². The van der Waals surface area contributed by atoms with Gasteiger partial charge in [-0.3, -0.25) is 4.79 Å². The molecule has 1 aromatic heterocycles. The summed E-state index contributed by atoms with van der Waals surface area (Å²) in [5, 5.41) is 11.8. The number of primary amides is 1. The molecule has 0 atom stereocenters. The molecule has 0 bridgehead atoms. The number of nitrogen functional groups attached to an aromatic ring is 1. The molecule has 20 heavy (non-hydrogen) atoms. The van der Waals surface area contributed by atoms with E-state index < -0.39 is 5.91 Å². The fourth-order valence-electron chi connectivity index (χ4n) is 1.57. The molecular formula is C13H10BrN5O. The smallest absolute Gasteiger partial charge is 0.250 e. The van der Waals surface area contributed by atoms with E-state index in [-0.39, 0.29) is 11.3 Å². The van der Waals surface area contributed by atoms with Gasteiger partial charge in [0.2, 0.25) is 0 Å². The van der Waals surface area contributed by atoms with E-state index in [0.29, 0.717) is 21.5 Å². The molecule has 0 aliphatic heterocycles. The van der Waals surface area contributed by atoms with Crippen LogP contribution in [-0.4, -0.2) is 10.9 Å². The van der Waals surface area contributed by atoms with Gasteiger partial charge in [-0.2, -0.15) is 5.26 Å². The average molecular weight is 332 g/mol. The zero-order valence-corrected chi connectivity index (χ0v) is 11.8. The van der Waals surface area contributed by atoms with Gasteiger partial charge in [0.1, 0.15) is 5.82 Å². The van der Waals surface area contributed by atoms with E-state index in [1.165, 1.54) is 12.3 Å². The highest BCUT2D eigenvalue weighted by atomic mass is 79.9. The van der Waals surface area contributed by atoms with Crippen LogP contribution < -0.4 is 16.8 Å². The zero-order chi connectivity index (χ0) is 14.7. The number of aromatic nitrogens is 1. The zero-order valence-electron chi connectivity index (χ0n) is 10.2. The van der Waals surface area contributed by atoms with Crippen molar-refractivity contribution in [2.45, 2.75) is 0 Å². The summed E-state index contributed by atoms with van der Waals surface area (Å²) in [5.41, 5.74) is 12.5. The molecule has 2 rings (SSSR count). The summed E-state index contributed by atoms with van der Waals surface area (Å²) in [5.74, 6) is -0.190. The van der Waals surface area contributed by atoms with E-state index in [4.69, 9.17) is 16.7 Å². The van der Waals surface area contributed by atoms with E-state index in [1.54, 1.807) is 18.2 Å². The lowest BCUT2D eigenvalue weighted by atomic mass is 10.2. The Bertz CT molecular complexity index is 723. The van der Waals surface area contributed by atoms with Crippen molar-refractivity contribution >= 4 is 39.0 Å². The maximum absolute atomic E-state index is 11.2. The SMILES string of the molecule is N#Cc1ccc(Nc2cc(C(N)=O)c(N)cn2)c(Br)c1. The second-order valence-electron chi connectivity index (χ2n) is 3.95. The Kier molecular flexibility index (Phi) is 3.86. The Morgan fingerprint density at radius 3 is 2.75 bits per heavy atom. The minimum absolute atomic E-state index is 0.201. The van der Waals surface area contributed by atoms with Crippen molar-refractivity contribution in [2.75, 3.05) is 11.1 Å². The summed E-state index contributed by atoms with van der Waals surface area (Å²) >= 11 is 3.35. The Labute approximate surface area is 123 Å². The van der Waals surface area contributed by atoms with Crippen LogP contribution in [0.5, 0.6) is 0 Å². The maximum atomic E-state index is 11.2. The van der Waals surface area contributed by atoms with Crippen LogP contribution >= 0.6 is 15.9 Å². The number of amides is 1. The highest BCUT2D eigenvalue weighted by Gasteiger charge is 2.09. The lowest BCUT2D eigenvalue weighted by molar-refractivity contribution is 0.100. The molecule has 7 heteroatoms. The van der Waals surface area contributed by atoms with Gasteiger partial charge in [-0.1, -0.05) is 0 Å². The van der Waals surface area contributed by atoms with Crippen molar-refractivity contribution in [3.8, 4) is 6.07 Å². The molecule has 0 radical (unpaired) electrons. The third-order valence-electron chi connectivity index (χ3n) is 2.56. The monoisotopic (exact) mass is 331 g/mol. The van der Waals surface area contributed by atoms with Gasteiger partial charge < -0.3 is 16.8 Å². The number of nitrogens with one attached hydrogen (secondary N) is 1. The summed E-state index contributed by atoms with van der Waals surface area (Å²) < 4.78 is 0.704. The summed E-state index contributed by atoms with van der Waals surface area (Å²) in [6, 6.07) is 8.58. The number of hydrogen-bond acceptors (Lipinski definition) is 5. The van der Waals surface area contributed by atoms with Crippen LogP contribution in [0, 0.1) is 11.3 Å². The first-order chi connectivity index (χ1) is 9.51. The van der Waals surface area contributed by atoms with Crippen LogP contribution in [0.15, 0.2) is 34.9 Å². The Morgan fingerprint density at radius 1 is 1.40 bits per heavy atom. The standard InChI is InChI=1S/C13H10BrN5O/c14-9-3-7(5-15)1-2-11(9)19-12-4-8(13(17)20)10(16)6-18-12/h1-4,6H,16H2,(H2,17,20)(H,18,19). The Balaban J connectivity index is 2.33. The predicted octanol–water partition coefficient (Wildman–Crippen LogP) is 2.14. The summed E-state index contributed by atoms with van der Waals surface area (Å²) in [6.45, 7) is 0. The molecule has 1 heterocycles. The van der Waals surface area contributed by atoms with E-state index in [1.807, 2.05) is 6.07 Å². The van der Waals surface area contributed by atoms with E-state index in [0.717, 1.165) is 0 Å². The van der Waals surface area contributed by atoms with Crippen molar-refractivity contribution in [1.29, 1.82) is 5.26 Å². The largest absolute Gasteiger partial charge is 0.397 e. The second-order valence-corrected chi connectivity index (χ2v) is 4.81. The van der Waals surface area contributed by atoms with Gasteiger partial charge in [-0.25, -0.2) is 4.98 Å². The molecule has 2 aromatic rings. The number of halogens is 1. The maximum Gasteiger partial charge on any atom is 0.250 e.